The maximum Gasteiger partial charge on any atom is 0.328 e. The SMILES string of the molecule is COC(=O)[C@@H]1C[C@@H](OC)CN1C(=O)[C@H](N)Cc1ccc(Cl)cc1. The molecule has 1 aromatic rings. The van der Waals surface area contributed by atoms with Crippen molar-refractivity contribution in [2.75, 3.05) is 20.8 Å². The Morgan fingerprint density at radius 1 is 1.35 bits per heavy atom. The third-order valence-corrected chi connectivity index (χ3v) is 4.29. The second-order valence-electron chi connectivity index (χ2n) is 5.56. The molecule has 0 unspecified atom stereocenters. The number of nitrogens with two attached hydrogens (primary N) is 1. The molecule has 6 nitrogen and oxygen atoms in total. The van der Waals surface area contributed by atoms with Gasteiger partial charge in [0.1, 0.15) is 6.04 Å². The number of esters is 1. The number of rotatable bonds is 5. The summed E-state index contributed by atoms with van der Waals surface area (Å²) in [6.07, 6.45) is 0.603. The van der Waals surface area contributed by atoms with Crippen LogP contribution in [0, 0.1) is 0 Å². The monoisotopic (exact) mass is 340 g/mol. The van der Waals surface area contributed by atoms with Crippen LogP contribution in [0.1, 0.15) is 12.0 Å². The van der Waals surface area contributed by atoms with E-state index >= 15 is 0 Å². The van der Waals surface area contributed by atoms with Gasteiger partial charge in [-0.3, -0.25) is 4.79 Å². The highest BCUT2D eigenvalue weighted by molar-refractivity contribution is 6.30. The van der Waals surface area contributed by atoms with E-state index in [0.29, 0.717) is 24.4 Å². The molecule has 0 aromatic heterocycles. The summed E-state index contributed by atoms with van der Waals surface area (Å²) in [7, 11) is 2.86. The third kappa shape index (κ3) is 4.22. The average Bonchev–Trinajstić information content (AvgIpc) is 2.99. The van der Waals surface area contributed by atoms with Gasteiger partial charge in [-0.1, -0.05) is 23.7 Å². The number of methoxy groups -OCH3 is 2. The van der Waals surface area contributed by atoms with Gasteiger partial charge in [0.25, 0.3) is 0 Å². The topological polar surface area (TPSA) is 81.9 Å². The van der Waals surface area contributed by atoms with Crippen LogP contribution in [0.2, 0.25) is 5.02 Å². The van der Waals surface area contributed by atoms with Crippen LogP contribution in [-0.2, 0) is 25.5 Å². The summed E-state index contributed by atoms with van der Waals surface area (Å²) in [5, 5.41) is 0.627. The van der Waals surface area contributed by atoms with Crippen LogP contribution in [0.25, 0.3) is 0 Å². The lowest BCUT2D eigenvalue weighted by Crippen LogP contribution is -2.49. The maximum absolute atomic E-state index is 12.6. The standard InChI is InChI=1S/C16H21ClN2O4/c1-22-12-8-14(16(21)23-2)19(9-12)15(20)13(18)7-10-3-5-11(17)6-4-10/h3-6,12-14H,7-9,18H2,1-2H3/t12-,13-,14+/m1/s1. The maximum atomic E-state index is 12.6. The molecule has 0 aliphatic carbocycles. The smallest absolute Gasteiger partial charge is 0.328 e. The summed E-state index contributed by atoms with van der Waals surface area (Å²) in [6.45, 7) is 0.337. The first-order chi connectivity index (χ1) is 11.0. The van der Waals surface area contributed by atoms with Gasteiger partial charge >= 0.3 is 5.97 Å². The molecule has 126 valence electrons. The fourth-order valence-corrected chi connectivity index (χ4v) is 2.87. The Bertz CT molecular complexity index is 564. The molecule has 1 aliphatic rings. The van der Waals surface area contributed by atoms with Crippen molar-refractivity contribution in [2.45, 2.75) is 31.0 Å². The van der Waals surface area contributed by atoms with Gasteiger partial charge in [-0.05, 0) is 24.1 Å². The van der Waals surface area contributed by atoms with Gasteiger partial charge in [-0.15, -0.1) is 0 Å². The molecule has 0 spiro atoms. The second kappa shape index (κ2) is 7.77. The van der Waals surface area contributed by atoms with Gasteiger partial charge in [0, 0.05) is 25.1 Å². The van der Waals surface area contributed by atoms with Gasteiger partial charge in [-0.2, -0.15) is 0 Å². The van der Waals surface area contributed by atoms with Crippen LogP contribution in [0.4, 0.5) is 0 Å². The Morgan fingerprint density at radius 3 is 2.57 bits per heavy atom. The number of likely N-dealkylation sites (tertiary alicyclic amines) is 1. The molecular weight excluding hydrogens is 320 g/mol. The van der Waals surface area contributed by atoms with Crippen LogP contribution < -0.4 is 5.73 Å². The molecule has 1 fully saturated rings. The van der Waals surface area contributed by atoms with Crippen molar-refractivity contribution in [2.24, 2.45) is 5.73 Å². The summed E-state index contributed by atoms with van der Waals surface area (Å²) in [5.41, 5.74) is 6.95. The minimum absolute atomic E-state index is 0.189. The van der Waals surface area contributed by atoms with Gasteiger partial charge in [0.2, 0.25) is 5.91 Å². The lowest BCUT2D eigenvalue weighted by atomic mass is 10.1. The molecule has 7 heteroatoms. The Labute approximate surface area is 140 Å². The number of ether oxygens (including phenoxy) is 2. The number of carbonyl (C=O) groups is 2. The quantitative estimate of drug-likeness (QED) is 0.809. The predicted octanol–water partition coefficient (Wildman–Crippen LogP) is 0.999. The molecule has 2 rings (SSSR count). The van der Waals surface area contributed by atoms with E-state index in [4.69, 9.17) is 26.8 Å². The molecule has 1 amide bonds. The van der Waals surface area contributed by atoms with Crippen molar-refractivity contribution in [3.8, 4) is 0 Å². The molecule has 1 aliphatic heterocycles. The Hall–Kier alpha value is -1.63. The number of nitrogens with zero attached hydrogens (tertiary/aromatic N) is 1. The number of hydrogen-bond acceptors (Lipinski definition) is 5. The molecule has 3 atom stereocenters. The van der Waals surface area contributed by atoms with Crippen molar-refractivity contribution < 1.29 is 19.1 Å². The van der Waals surface area contributed by atoms with Gasteiger partial charge in [0.05, 0.1) is 19.3 Å². The summed E-state index contributed by atoms with van der Waals surface area (Å²) in [5.74, 6) is -0.730. The molecular formula is C16H21ClN2O4. The summed E-state index contributed by atoms with van der Waals surface area (Å²) in [4.78, 5) is 26.0. The first-order valence-electron chi connectivity index (χ1n) is 7.37. The molecule has 0 bridgehead atoms. The van der Waals surface area contributed by atoms with E-state index in [0.717, 1.165) is 5.56 Å². The first-order valence-corrected chi connectivity index (χ1v) is 7.75. The minimum atomic E-state index is -0.737. The van der Waals surface area contributed by atoms with Crippen LogP contribution in [-0.4, -0.2) is 55.7 Å². The van der Waals surface area contributed by atoms with Crippen LogP contribution in [0.3, 0.4) is 0 Å². The van der Waals surface area contributed by atoms with Crippen molar-refractivity contribution >= 4 is 23.5 Å². The average molecular weight is 341 g/mol. The largest absolute Gasteiger partial charge is 0.467 e. The van der Waals surface area contributed by atoms with Gasteiger partial charge in [0.15, 0.2) is 0 Å². The number of halogens is 1. The first kappa shape index (κ1) is 17.7. The fourth-order valence-electron chi connectivity index (χ4n) is 2.75. The Kier molecular flexibility index (Phi) is 5.98. The fraction of sp³-hybridized carbons (Fsp3) is 0.500. The van der Waals surface area contributed by atoms with Crippen molar-refractivity contribution in [1.29, 1.82) is 0 Å². The zero-order chi connectivity index (χ0) is 17.0. The third-order valence-electron chi connectivity index (χ3n) is 4.04. The number of amides is 1. The van der Waals surface area contributed by atoms with Gasteiger partial charge in [-0.25, -0.2) is 4.79 Å². The van der Waals surface area contributed by atoms with Crippen molar-refractivity contribution in [1.82, 2.24) is 4.90 Å². The molecule has 2 N–H and O–H groups in total. The van der Waals surface area contributed by atoms with Crippen molar-refractivity contribution in [3.05, 3.63) is 34.9 Å². The van der Waals surface area contributed by atoms with E-state index in [9.17, 15) is 9.59 Å². The van der Waals surface area contributed by atoms with E-state index in [-0.39, 0.29) is 12.0 Å². The van der Waals surface area contributed by atoms with Crippen LogP contribution in [0.15, 0.2) is 24.3 Å². The number of carbonyl (C=O) groups excluding carboxylic acids is 2. The second-order valence-corrected chi connectivity index (χ2v) is 6.00. The normalized spacial score (nSPS) is 22.0. The summed E-state index contributed by atoms with van der Waals surface area (Å²) >= 11 is 5.84. The highest BCUT2D eigenvalue weighted by atomic mass is 35.5. The summed E-state index contributed by atoms with van der Waals surface area (Å²) in [6, 6.07) is 5.78. The molecule has 1 aromatic carbocycles. The molecule has 0 saturated carbocycles. The lowest BCUT2D eigenvalue weighted by molar-refractivity contribution is -0.151. The lowest BCUT2D eigenvalue weighted by Gasteiger charge is -2.25. The zero-order valence-electron chi connectivity index (χ0n) is 13.2. The molecule has 1 heterocycles. The number of benzene rings is 1. The van der Waals surface area contributed by atoms with E-state index in [2.05, 4.69) is 0 Å². The number of hydrogen-bond donors (Lipinski definition) is 1. The zero-order valence-corrected chi connectivity index (χ0v) is 14.0. The Balaban J connectivity index is 2.07. The molecule has 0 radical (unpaired) electrons. The summed E-state index contributed by atoms with van der Waals surface area (Å²) < 4.78 is 10.0. The van der Waals surface area contributed by atoms with Crippen LogP contribution in [0.5, 0.6) is 0 Å². The van der Waals surface area contributed by atoms with Crippen molar-refractivity contribution in [3.63, 3.8) is 0 Å². The highest BCUT2D eigenvalue weighted by Crippen LogP contribution is 2.22. The minimum Gasteiger partial charge on any atom is -0.467 e. The molecule has 23 heavy (non-hydrogen) atoms. The van der Waals surface area contributed by atoms with E-state index in [1.54, 1.807) is 19.2 Å². The van der Waals surface area contributed by atoms with Crippen LogP contribution >= 0.6 is 11.6 Å². The Morgan fingerprint density at radius 2 is 2.00 bits per heavy atom. The van der Waals surface area contributed by atoms with E-state index in [1.807, 2.05) is 12.1 Å². The molecule has 1 saturated heterocycles. The van der Waals surface area contributed by atoms with E-state index < -0.39 is 18.1 Å². The highest BCUT2D eigenvalue weighted by Gasteiger charge is 2.41. The van der Waals surface area contributed by atoms with Gasteiger partial charge < -0.3 is 20.1 Å². The van der Waals surface area contributed by atoms with E-state index in [1.165, 1.54) is 12.0 Å². The predicted molar refractivity (Wildman–Crippen MR) is 86.1 cm³/mol.